The molecule has 7 heteroatoms. The molecule has 2 rings (SSSR count). The SMILES string of the molecule is COCC(O)CNC(=O)Cc1coc(-c2ccc(F)cc2)n1. The van der Waals surface area contributed by atoms with Gasteiger partial charge < -0.3 is 19.6 Å². The number of aliphatic hydroxyl groups excluding tert-OH is 1. The average Bonchev–Trinajstić information content (AvgIpc) is 2.95. The highest BCUT2D eigenvalue weighted by Gasteiger charge is 2.12. The zero-order valence-electron chi connectivity index (χ0n) is 12.1. The molecule has 0 saturated heterocycles. The van der Waals surface area contributed by atoms with E-state index in [1.54, 1.807) is 12.1 Å². The van der Waals surface area contributed by atoms with Gasteiger partial charge in [0, 0.05) is 19.2 Å². The second-order valence-corrected chi connectivity index (χ2v) is 4.74. The number of carbonyl (C=O) groups is 1. The van der Waals surface area contributed by atoms with Crippen LogP contribution < -0.4 is 5.32 Å². The third kappa shape index (κ3) is 4.64. The number of methoxy groups -OCH3 is 1. The van der Waals surface area contributed by atoms with E-state index in [0.717, 1.165) is 0 Å². The normalized spacial score (nSPS) is 12.1. The van der Waals surface area contributed by atoms with E-state index in [9.17, 15) is 14.3 Å². The molecule has 1 unspecified atom stereocenters. The molecule has 1 atom stereocenters. The Morgan fingerprint density at radius 2 is 2.18 bits per heavy atom. The van der Waals surface area contributed by atoms with E-state index in [-0.39, 0.29) is 31.3 Å². The van der Waals surface area contributed by atoms with Crippen LogP contribution in [0.15, 0.2) is 34.9 Å². The number of benzene rings is 1. The van der Waals surface area contributed by atoms with Gasteiger partial charge in [0.15, 0.2) is 0 Å². The molecule has 1 heterocycles. The van der Waals surface area contributed by atoms with Gasteiger partial charge in [0.2, 0.25) is 11.8 Å². The molecule has 1 aromatic heterocycles. The van der Waals surface area contributed by atoms with Crippen molar-refractivity contribution in [2.75, 3.05) is 20.3 Å². The number of hydrogen-bond acceptors (Lipinski definition) is 5. The molecule has 0 bridgehead atoms. The van der Waals surface area contributed by atoms with Gasteiger partial charge in [-0.2, -0.15) is 0 Å². The molecular formula is C15H17FN2O4. The van der Waals surface area contributed by atoms with Crippen LogP contribution in [0.4, 0.5) is 4.39 Å². The summed E-state index contributed by atoms with van der Waals surface area (Å²) in [7, 11) is 1.47. The summed E-state index contributed by atoms with van der Waals surface area (Å²) in [6.07, 6.45) is 0.662. The first-order chi connectivity index (χ1) is 10.6. The number of aliphatic hydroxyl groups is 1. The number of oxazole rings is 1. The molecule has 0 saturated carbocycles. The monoisotopic (exact) mass is 308 g/mol. The molecule has 0 fully saturated rings. The average molecular weight is 308 g/mol. The Labute approximate surface area is 126 Å². The lowest BCUT2D eigenvalue weighted by molar-refractivity contribution is -0.121. The lowest BCUT2D eigenvalue weighted by Crippen LogP contribution is -2.35. The van der Waals surface area contributed by atoms with Crippen LogP contribution in [-0.4, -0.2) is 42.4 Å². The van der Waals surface area contributed by atoms with Crippen LogP contribution in [0.25, 0.3) is 11.5 Å². The molecule has 0 aliphatic heterocycles. The van der Waals surface area contributed by atoms with Crippen LogP contribution in [-0.2, 0) is 16.0 Å². The summed E-state index contributed by atoms with van der Waals surface area (Å²) in [4.78, 5) is 15.9. The number of rotatable bonds is 7. The molecule has 2 N–H and O–H groups in total. The van der Waals surface area contributed by atoms with Gasteiger partial charge in [0.1, 0.15) is 12.1 Å². The molecule has 0 spiro atoms. The van der Waals surface area contributed by atoms with Crippen LogP contribution in [0, 0.1) is 5.82 Å². The third-order valence-corrected chi connectivity index (χ3v) is 2.88. The first kappa shape index (κ1) is 16.1. The largest absolute Gasteiger partial charge is 0.444 e. The number of amides is 1. The lowest BCUT2D eigenvalue weighted by atomic mass is 10.2. The first-order valence-corrected chi connectivity index (χ1v) is 6.72. The van der Waals surface area contributed by atoms with Crippen molar-refractivity contribution >= 4 is 5.91 Å². The Bertz CT molecular complexity index is 612. The standard InChI is InChI=1S/C15H17FN2O4/c1-21-9-13(19)7-17-14(20)6-12-8-22-15(18-12)10-2-4-11(16)5-3-10/h2-5,8,13,19H,6-7,9H2,1H3,(H,17,20). The second-order valence-electron chi connectivity index (χ2n) is 4.74. The van der Waals surface area contributed by atoms with Crippen LogP contribution in [0.3, 0.4) is 0 Å². The van der Waals surface area contributed by atoms with Gasteiger partial charge in [-0.05, 0) is 24.3 Å². The van der Waals surface area contributed by atoms with Crippen molar-refractivity contribution in [3.63, 3.8) is 0 Å². The van der Waals surface area contributed by atoms with Crippen molar-refractivity contribution < 1.29 is 23.4 Å². The van der Waals surface area contributed by atoms with Gasteiger partial charge in [0.05, 0.1) is 24.8 Å². The Balaban J connectivity index is 1.89. The zero-order chi connectivity index (χ0) is 15.9. The maximum absolute atomic E-state index is 12.9. The number of hydrogen-bond donors (Lipinski definition) is 2. The molecule has 118 valence electrons. The zero-order valence-corrected chi connectivity index (χ0v) is 12.1. The maximum atomic E-state index is 12.9. The maximum Gasteiger partial charge on any atom is 0.226 e. The summed E-state index contributed by atoms with van der Waals surface area (Å²) in [6, 6.07) is 5.71. The molecule has 0 radical (unpaired) electrons. The van der Waals surface area contributed by atoms with Crippen molar-refractivity contribution in [1.82, 2.24) is 10.3 Å². The van der Waals surface area contributed by atoms with Gasteiger partial charge in [-0.25, -0.2) is 9.37 Å². The lowest BCUT2D eigenvalue weighted by Gasteiger charge is -2.09. The Kier molecular flexibility index (Phi) is 5.62. The predicted molar refractivity (Wildman–Crippen MR) is 76.5 cm³/mol. The highest BCUT2D eigenvalue weighted by Crippen LogP contribution is 2.19. The van der Waals surface area contributed by atoms with Crippen molar-refractivity contribution in [2.45, 2.75) is 12.5 Å². The fourth-order valence-electron chi connectivity index (χ4n) is 1.82. The topological polar surface area (TPSA) is 84.6 Å². The third-order valence-electron chi connectivity index (χ3n) is 2.88. The van der Waals surface area contributed by atoms with Crippen molar-refractivity contribution in [2.24, 2.45) is 0 Å². The first-order valence-electron chi connectivity index (χ1n) is 6.72. The van der Waals surface area contributed by atoms with Crippen LogP contribution in [0.5, 0.6) is 0 Å². The summed E-state index contributed by atoms with van der Waals surface area (Å²) in [5.41, 5.74) is 1.08. The molecule has 1 amide bonds. The highest BCUT2D eigenvalue weighted by atomic mass is 19.1. The van der Waals surface area contributed by atoms with E-state index in [1.807, 2.05) is 0 Å². The summed E-state index contributed by atoms with van der Waals surface area (Å²) in [5, 5.41) is 12.0. The highest BCUT2D eigenvalue weighted by molar-refractivity contribution is 5.78. The predicted octanol–water partition coefficient (Wildman–Crippen LogP) is 1.15. The van der Waals surface area contributed by atoms with Crippen molar-refractivity contribution in [3.05, 3.63) is 42.0 Å². The molecule has 6 nitrogen and oxygen atoms in total. The smallest absolute Gasteiger partial charge is 0.226 e. The summed E-state index contributed by atoms with van der Waals surface area (Å²) >= 11 is 0. The second kappa shape index (κ2) is 7.67. The van der Waals surface area contributed by atoms with Gasteiger partial charge in [-0.15, -0.1) is 0 Å². The minimum atomic E-state index is -0.749. The molecule has 2 aromatic rings. The Morgan fingerprint density at radius 1 is 1.45 bits per heavy atom. The van der Waals surface area contributed by atoms with Gasteiger partial charge in [-0.1, -0.05) is 0 Å². The van der Waals surface area contributed by atoms with Crippen LogP contribution in [0.2, 0.25) is 0 Å². The minimum Gasteiger partial charge on any atom is -0.444 e. The minimum absolute atomic E-state index is 0.0321. The molecule has 0 aliphatic carbocycles. The quantitative estimate of drug-likeness (QED) is 0.801. The van der Waals surface area contributed by atoms with E-state index >= 15 is 0 Å². The van der Waals surface area contributed by atoms with Gasteiger partial charge in [-0.3, -0.25) is 4.79 Å². The van der Waals surface area contributed by atoms with E-state index in [0.29, 0.717) is 17.1 Å². The van der Waals surface area contributed by atoms with Crippen molar-refractivity contribution in [1.29, 1.82) is 0 Å². The fraction of sp³-hybridized carbons (Fsp3) is 0.333. The van der Waals surface area contributed by atoms with E-state index in [4.69, 9.17) is 9.15 Å². The number of nitrogens with one attached hydrogen (secondary N) is 1. The fourth-order valence-corrected chi connectivity index (χ4v) is 1.82. The summed E-state index contributed by atoms with van der Waals surface area (Å²) in [6.45, 7) is 0.258. The summed E-state index contributed by atoms with van der Waals surface area (Å²) in [5.74, 6) is -0.305. The number of carbonyl (C=O) groups excluding carboxylic acids is 1. The number of ether oxygens (including phenoxy) is 1. The van der Waals surface area contributed by atoms with E-state index < -0.39 is 6.10 Å². The Morgan fingerprint density at radius 3 is 2.86 bits per heavy atom. The van der Waals surface area contributed by atoms with Gasteiger partial charge >= 0.3 is 0 Å². The van der Waals surface area contributed by atoms with Crippen LogP contribution in [0.1, 0.15) is 5.69 Å². The molecule has 1 aromatic carbocycles. The number of nitrogens with zero attached hydrogens (tertiary/aromatic N) is 1. The van der Waals surface area contributed by atoms with Crippen molar-refractivity contribution in [3.8, 4) is 11.5 Å². The molecule has 0 aliphatic rings. The Hall–Kier alpha value is -2.25. The molecule has 22 heavy (non-hydrogen) atoms. The van der Waals surface area contributed by atoms with Crippen LogP contribution >= 0.6 is 0 Å². The molecular weight excluding hydrogens is 291 g/mol. The van der Waals surface area contributed by atoms with Gasteiger partial charge in [0.25, 0.3) is 0 Å². The van der Waals surface area contributed by atoms with E-state index in [1.165, 1.54) is 25.5 Å². The number of halogens is 1. The number of aromatic nitrogens is 1. The summed E-state index contributed by atoms with van der Waals surface area (Å²) < 4.78 is 22.9. The van der Waals surface area contributed by atoms with E-state index in [2.05, 4.69) is 10.3 Å².